The summed E-state index contributed by atoms with van der Waals surface area (Å²) in [5.74, 6) is 1.72. The van der Waals surface area contributed by atoms with Crippen LogP contribution in [0.25, 0.3) is 0 Å². The normalized spacial score (nSPS) is 44.8. The molecule has 2 N–H and O–H groups in total. The lowest BCUT2D eigenvalue weighted by Gasteiger charge is -2.28. The molecule has 2 saturated carbocycles. The summed E-state index contributed by atoms with van der Waals surface area (Å²) in [6.07, 6.45) is 6.02. The fraction of sp³-hybridized carbons (Fsp3) is 1.00. The third-order valence-electron chi connectivity index (χ3n) is 3.78. The molecule has 0 aliphatic heterocycles. The van der Waals surface area contributed by atoms with Crippen molar-refractivity contribution < 1.29 is 5.11 Å². The summed E-state index contributed by atoms with van der Waals surface area (Å²) in [7, 11) is 0. The van der Waals surface area contributed by atoms with Gasteiger partial charge in [0, 0.05) is 6.04 Å². The van der Waals surface area contributed by atoms with Gasteiger partial charge in [0.05, 0.1) is 6.10 Å². The van der Waals surface area contributed by atoms with E-state index in [2.05, 4.69) is 12.2 Å². The standard InChI is InChI=1S/C11H21NO/c1-2-12-10-5-8-3-4-11(13)7-9(8)6-10/h8-13H,2-7H2,1H3. The smallest absolute Gasteiger partial charge is 0.0543 e. The van der Waals surface area contributed by atoms with Crippen LogP contribution < -0.4 is 5.32 Å². The van der Waals surface area contributed by atoms with Crippen LogP contribution in [0.4, 0.5) is 0 Å². The van der Waals surface area contributed by atoms with Gasteiger partial charge in [-0.15, -0.1) is 0 Å². The first-order chi connectivity index (χ1) is 6.29. The van der Waals surface area contributed by atoms with Gasteiger partial charge in [-0.05, 0) is 50.5 Å². The SMILES string of the molecule is CCNC1CC2CCC(O)CC2C1. The van der Waals surface area contributed by atoms with Crippen molar-refractivity contribution in [2.75, 3.05) is 6.54 Å². The highest BCUT2D eigenvalue weighted by atomic mass is 16.3. The Bertz CT molecular complexity index is 171. The fourth-order valence-electron chi connectivity index (χ4n) is 3.18. The van der Waals surface area contributed by atoms with E-state index in [1.807, 2.05) is 0 Å². The van der Waals surface area contributed by atoms with Crippen LogP contribution in [0.3, 0.4) is 0 Å². The van der Waals surface area contributed by atoms with Crippen molar-refractivity contribution >= 4 is 0 Å². The molecule has 2 aliphatic rings. The van der Waals surface area contributed by atoms with Crippen molar-refractivity contribution in [1.82, 2.24) is 5.32 Å². The molecule has 13 heavy (non-hydrogen) atoms. The molecular formula is C11H21NO. The Morgan fingerprint density at radius 1 is 1.15 bits per heavy atom. The zero-order valence-electron chi connectivity index (χ0n) is 8.50. The molecule has 0 amide bonds. The summed E-state index contributed by atoms with van der Waals surface area (Å²) in [6.45, 7) is 3.27. The second-order valence-corrected chi connectivity index (χ2v) is 4.71. The van der Waals surface area contributed by atoms with E-state index in [9.17, 15) is 5.11 Å². The van der Waals surface area contributed by atoms with Crippen LogP contribution in [0.15, 0.2) is 0 Å². The summed E-state index contributed by atoms with van der Waals surface area (Å²) in [6, 6.07) is 0.741. The van der Waals surface area contributed by atoms with Gasteiger partial charge < -0.3 is 10.4 Å². The van der Waals surface area contributed by atoms with E-state index < -0.39 is 0 Å². The van der Waals surface area contributed by atoms with Gasteiger partial charge in [0.2, 0.25) is 0 Å². The Morgan fingerprint density at radius 2 is 1.92 bits per heavy atom. The van der Waals surface area contributed by atoms with Crippen molar-refractivity contribution in [3.8, 4) is 0 Å². The van der Waals surface area contributed by atoms with E-state index >= 15 is 0 Å². The highest BCUT2D eigenvalue weighted by Crippen LogP contribution is 2.42. The largest absolute Gasteiger partial charge is 0.393 e. The number of hydrogen-bond acceptors (Lipinski definition) is 2. The number of aliphatic hydroxyl groups excluding tert-OH is 1. The van der Waals surface area contributed by atoms with Crippen LogP contribution >= 0.6 is 0 Å². The van der Waals surface area contributed by atoms with E-state index in [-0.39, 0.29) is 6.10 Å². The lowest BCUT2D eigenvalue weighted by molar-refractivity contribution is 0.0806. The van der Waals surface area contributed by atoms with E-state index in [0.717, 1.165) is 37.3 Å². The second-order valence-electron chi connectivity index (χ2n) is 4.71. The summed E-state index contributed by atoms with van der Waals surface area (Å²) in [4.78, 5) is 0. The predicted molar refractivity (Wildman–Crippen MR) is 53.5 cm³/mol. The number of fused-ring (bicyclic) bond motifs is 1. The summed E-state index contributed by atoms with van der Waals surface area (Å²) in [5, 5.41) is 13.1. The van der Waals surface area contributed by atoms with Gasteiger partial charge in [-0.2, -0.15) is 0 Å². The fourth-order valence-corrected chi connectivity index (χ4v) is 3.18. The average Bonchev–Trinajstić information content (AvgIpc) is 2.46. The first kappa shape index (κ1) is 9.47. The van der Waals surface area contributed by atoms with Crippen molar-refractivity contribution in [2.45, 2.75) is 51.2 Å². The van der Waals surface area contributed by atoms with Gasteiger partial charge in [0.1, 0.15) is 0 Å². The van der Waals surface area contributed by atoms with Crippen molar-refractivity contribution in [3.05, 3.63) is 0 Å². The molecule has 2 nitrogen and oxygen atoms in total. The molecular weight excluding hydrogens is 162 g/mol. The van der Waals surface area contributed by atoms with Gasteiger partial charge in [0.25, 0.3) is 0 Å². The van der Waals surface area contributed by atoms with Crippen LogP contribution in [0.1, 0.15) is 39.0 Å². The maximum atomic E-state index is 9.55. The minimum Gasteiger partial charge on any atom is -0.393 e. The molecule has 0 aromatic rings. The van der Waals surface area contributed by atoms with Crippen LogP contribution in [0.2, 0.25) is 0 Å². The predicted octanol–water partition coefficient (Wildman–Crippen LogP) is 1.54. The van der Waals surface area contributed by atoms with E-state index in [0.29, 0.717) is 0 Å². The summed E-state index contributed by atoms with van der Waals surface area (Å²) >= 11 is 0. The molecule has 0 saturated heterocycles. The van der Waals surface area contributed by atoms with Gasteiger partial charge in [-0.3, -0.25) is 0 Å². The molecule has 2 fully saturated rings. The first-order valence-electron chi connectivity index (χ1n) is 5.71. The van der Waals surface area contributed by atoms with Gasteiger partial charge in [-0.25, -0.2) is 0 Å². The molecule has 0 radical (unpaired) electrons. The van der Waals surface area contributed by atoms with Crippen molar-refractivity contribution in [3.63, 3.8) is 0 Å². The van der Waals surface area contributed by atoms with Gasteiger partial charge in [0.15, 0.2) is 0 Å². The maximum Gasteiger partial charge on any atom is 0.0543 e. The lowest BCUT2D eigenvalue weighted by Crippen LogP contribution is -2.26. The topological polar surface area (TPSA) is 32.3 Å². The zero-order chi connectivity index (χ0) is 9.26. The van der Waals surface area contributed by atoms with Crippen molar-refractivity contribution in [1.29, 1.82) is 0 Å². The number of nitrogens with one attached hydrogen (secondary N) is 1. The molecule has 0 aromatic heterocycles. The number of hydrogen-bond donors (Lipinski definition) is 2. The molecule has 0 heterocycles. The minimum absolute atomic E-state index is 0.00151. The van der Waals surface area contributed by atoms with E-state index in [1.165, 1.54) is 19.3 Å². The highest BCUT2D eigenvalue weighted by molar-refractivity contribution is 4.91. The molecule has 4 unspecified atom stereocenters. The van der Waals surface area contributed by atoms with Crippen molar-refractivity contribution in [2.24, 2.45) is 11.8 Å². The Morgan fingerprint density at radius 3 is 2.69 bits per heavy atom. The second kappa shape index (κ2) is 3.97. The Kier molecular flexibility index (Phi) is 2.89. The third-order valence-corrected chi connectivity index (χ3v) is 3.78. The number of aliphatic hydroxyl groups is 1. The molecule has 2 aliphatic carbocycles. The molecule has 0 aromatic carbocycles. The van der Waals surface area contributed by atoms with Crippen LogP contribution in [-0.2, 0) is 0 Å². The Balaban J connectivity index is 1.87. The Labute approximate surface area is 80.7 Å². The van der Waals surface area contributed by atoms with Crippen LogP contribution in [-0.4, -0.2) is 23.8 Å². The van der Waals surface area contributed by atoms with E-state index in [1.54, 1.807) is 0 Å². The molecule has 0 spiro atoms. The first-order valence-corrected chi connectivity index (χ1v) is 5.71. The third kappa shape index (κ3) is 2.05. The maximum absolute atomic E-state index is 9.55. The summed E-state index contributed by atoms with van der Waals surface area (Å²) in [5.41, 5.74) is 0. The number of rotatable bonds is 2. The minimum atomic E-state index is 0.00151. The van der Waals surface area contributed by atoms with E-state index in [4.69, 9.17) is 0 Å². The summed E-state index contributed by atoms with van der Waals surface area (Å²) < 4.78 is 0. The highest BCUT2D eigenvalue weighted by Gasteiger charge is 2.37. The molecule has 2 rings (SSSR count). The molecule has 4 atom stereocenters. The van der Waals surface area contributed by atoms with Crippen LogP contribution in [0.5, 0.6) is 0 Å². The molecule has 76 valence electrons. The van der Waals surface area contributed by atoms with Crippen LogP contribution in [0, 0.1) is 11.8 Å². The zero-order valence-corrected chi connectivity index (χ0v) is 8.50. The van der Waals surface area contributed by atoms with Gasteiger partial charge >= 0.3 is 0 Å². The van der Waals surface area contributed by atoms with Gasteiger partial charge in [-0.1, -0.05) is 6.92 Å². The Hall–Kier alpha value is -0.0800. The quantitative estimate of drug-likeness (QED) is 0.680. The lowest BCUT2D eigenvalue weighted by atomic mass is 9.80. The average molecular weight is 183 g/mol. The molecule has 2 heteroatoms. The monoisotopic (exact) mass is 183 g/mol. The molecule has 0 bridgehead atoms.